The molecular formula is C12H18N4OS. The van der Waals surface area contributed by atoms with E-state index >= 15 is 0 Å². The van der Waals surface area contributed by atoms with Crippen LogP contribution >= 0.6 is 11.8 Å². The van der Waals surface area contributed by atoms with Crippen LogP contribution in [0.3, 0.4) is 0 Å². The van der Waals surface area contributed by atoms with Gasteiger partial charge in [-0.3, -0.25) is 9.48 Å². The van der Waals surface area contributed by atoms with Gasteiger partial charge in [0.25, 0.3) is 0 Å². The number of nitrogens with one attached hydrogen (secondary N) is 2. The van der Waals surface area contributed by atoms with Crippen LogP contribution in [-0.4, -0.2) is 39.8 Å². The quantitative estimate of drug-likeness (QED) is 0.864. The molecule has 2 atom stereocenters. The Hall–Kier alpha value is -1.01. The van der Waals surface area contributed by atoms with Crippen molar-refractivity contribution in [2.24, 2.45) is 0 Å². The van der Waals surface area contributed by atoms with Crippen LogP contribution in [0.2, 0.25) is 0 Å². The molecule has 3 heterocycles. The van der Waals surface area contributed by atoms with Crippen molar-refractivity contribution >= 4 is 23.5 Å². The van der Waals surface area contributed by atoms with Gasteiger partial charge in [-0.15, -0.1) is 11.8 Å². The summed E-state index contributed by atoms with van der Waals surface area (Å²) in [5, 5.41) is 10.8. The van der Waals surface area contributed by atoms with E-state index in [2.05, 4.69) is 15.7 Å². The molecule has 6 heteroatoms. The second-order valence-electron chi connectivity index (χ2n) is 4.82. The monoisotopic (exact) mass is 266 g/mol. The standard InChI is InChI=1S/C12H18N4OS/c17-12(10-2-1-7-18-10)14-11-4-6-16(15-11)9-3-5-13-8-9/h4,6,9-10,13H,1-3,5,7-8H2,(H,14,15,17). The number of nitrogens with zero attached hydrogens (tertiary/aromatic N) is 2. The summed E-state index contributed by atoms with van der Waals surface area (Å²) >= 11 is 1.75. The summed E-state index contributed by atoms with van der Waals surface area (Å²) < 4.78 is 1.96. The lowest BCUT2D eigenvalue weighted by Gasteiger charge is -2.09. The largest absolute Gasteiger partial charge is 0.315 e. The zero-order chi connectivity index (χ0) is 12.4. The highest BCUT2D eigenvalue weighted by Crippen LogP contribution is 2.27. The number of carbonyl (C=O) groups excluding carboxylic acids is 1. The van der Waals surface area contributed by atoms with Crippen LogP contribution in [0.4, 0.5) is 5.82 Å². The minimum Gasteiger partial charge on any atom is -0.315 e. The average molecular weight is 266 g/mol. The van der Waals surface area contributed by atoms with Crippen molar-refractivity contribution in [1.29, 1.82) is 0 Å². The molecule has 1 amide bonds. The first-order chi connectivity index (χ1) is 8.83. The number of amides is 1. The van der Waals surface area contributed by atoms with Gasteiger partial charge in [0, 0.05) is 18.8 Å². The van der Waals surface area contributed by atoms with Crippen molar-refractivity contribution in [3.8, 4) is 0 Å². The second-order valence-corrected chi connectivity index (χ2v) is 6.13. The third kappa shape index (κ3) is 2.54. The van der Waals surface area contributed by atoms with E-state index in [4.69, 9.17) is 0 Å². The van der Waals surface area contributed by atoms with Gasteiger partial charge in [0.2, 0.25) is 5.91 Å². The predicted octanol–water partition coefficient (Wildman–Crippen LogP) is 1.25. The molecule has 2 N–H and O–H groups in total. The molecule has 98 valence electrons. The predicted molar refractivity (Wildman–Crippen MR) is 72.9 cm³/mol. The molecule has 0 aromatic carbocycles. The SMILES string of the molecule is O=C(Nc1ccn(C2CCNC2)n1)C1CCCS1. The maximum Gasteiger partial charge on any atom is 0.238 e. The van der Waals surface area contributed by atoms with Crippen LogP contribution in [0.25, 0.3) is 0 Å². The average Bonchev–Trinajstić information content (AvgIpc) is 3.12. The molecule has 2 saturated heterocycles. The lowest BCUT2D eigenvalue weighted by atomic mass is 10.2. The first-order valence-corrected chi connectivity index (χ1v) is 7.56. The maximum atomic E-state index is 12.0. The third-order valence-electron chi connectivity index (χ3n) is 3.49. The fraction of sp³-hybridized carbons (Fsp3) is 0.667. The summed E-state index contributed by atoms with van der Waals surface area (Å²) in [4.78, 5) is 12.0. The van der Waals surface area contributed by atoms with E-state index < -0.39 is 0 Å². The highest BCUT2D eigenvalue weighted by Gasteiger charge is 2.24. The molecule has 0 aliphatic carbocycles. The van der Waals surface area contributed by atoms with E-state index in [1.165, 1.54) is 0 Å². The van der Waals surface area contributed by atoms with Gasteiger partial charge < -0.3 is 10.6 Å². The Morgan fingerprint density at radius 1 is 1.56 bits per heavy atom. The van der Waals surface area contributed by atoms with Crippen molar-refractivity contribution < 1.29 is 4.79 Å². The molecule has 2 aliphatic rings. The molecular weight excluding hydrogens is 248 g/mol. The van der Waals surface area contributed by atoms with Crippen LogP contribution in [0.15, 0.2) is 12.3 Å². The van der Waals surface area contributed by atoms with Gasteiger partial charge in [0.1, 0.15) is 0 Å². The van der Waals surface area contributed by atoms with Gasteiger partial charge in [-0.2, -0.15) is 5.10 Å². The lowest BCUT2D eigenvalue weighted by molar-refractivity contribution is -0.115. The van der Waals surface area contributed by atoms with Gasteiger partial charge in [-0.25, -0.2) is 0 Å². The summed E-state index contributed by atoms with van der Waals surface area (Å²) in [6.07, 6.45) is 5.19. The van der Waals surface area contributed by atoms with Crippen LogP contribution in [0.5, 0.6) is 0 Å². The van der Waals surface area contributed by atoms with Crippen molar-refractivity contribution in [2.75, 3.05) is 24.2 Å². The van der Waals surface area contributed by atoms with Crippen LogP contribution < -0.4 is 10.6 Å². The minimum absolute atomic E-state index is 0.104. The zero-order valence-electron chi connectivity index (χ0n) is 10.3. The van der Waals surface area contributed by atoms with Crippen molar-refractivity contribution in [2.45, 2.75) is 30.6 Å². The first-order valence-electron chi connectivity index (χ1n) is 6.51. The van der Waals surface area contributed by atoms with E-state index in [9.17, 15) is 4.79 Å². The number of anilines is 1. The highest BCUT2D eigenvalue weighted by molar-refractivity contribution is 8.00. The number of rotatable bonds is 3. The molecule has 5 nitrogen and oxygen atoms in total. The Kier molecular flexibility index (Phi) is 3.56. The van der Waals surface area contributed by atoms with E-state index in [1.807, 2.05) is 16.9 Å². The molecule has 0 spiro atoms. The molecule has 2 fully saturated rings. The Balaban J connectivity index is 1.60. The Morgan fingerprint density at radius 3 is 3.22 bits per heavy atom. The first kappa shape index (κ1) is 12.0. The minimum atomic E-state index is 0.104. The van der Waals surface area contributed by atoms with Crippen molar-refractivity contribution in [3.05, 3.63) is 12.3 Å². The number of aromatic nitrogens is 2. The molecule has 1 aromatic rings. The van der Waals surface area contributed by atoms with Crippen molar-refractivity contribution in [3.63, 3.8) is 0 Å². The summed E-state index contributed by atoms with van der Waals surface area (Å²) in [5.41, 5.74) is 0. The molecule has 2 unspecified atom stereocenters. The molecule has 0 saturated carbocycles. The van der Waals surface area contributed by atoms with E-state index in [1.54, 1.807) is 11.8 Å². The Bertz CT molecular complexity index is 421. The molecule has 0 radical (unpaired) electrons. The van der Waals surface area contributed by atoms with E-state index in [0.717, 1.165) is 38.1 Å². The van der Waals surface area contributed by atoms with Crippen LogP contribution in [-0.2, 0) is 4.79 Å². The molecule has 0 bridgehead atoms. The number of carbonyl (C=O) groups is 1. The van der Waals surface area contributed by atoms with Gasteiger partial charge in [0.05, 0.1) is 11.3 Å². The van der Waals surface area contributed by atoms with E-state index in [0.29, 0.717) is 11.9 Å². The summed E-state index contributed by atoms with van der Waals surface area (Å²) in [7, 11) is 0. The fourth-order valence-electron chi connectivity index (χ4n) is 2.46. The third-order valence-corrected chi connectivity index (χ3v) is 4.87. The van der Waals surface area contributed by atoms with Gasteiger partial charge in [-0.1, -0.05) is 0 Å². The number of hydrogen-bond acceptors (Lipinski definition) is 4. The number of hydrogen-bond donors (Lipinski definition) is 2. The van der Waals surface area contributed by atoms with Crippen LogP contribution in [0.1, 0.15) is 25.3 Å². The topological polar surface area (TPSA) is 59.0 Å². The summed E-state index contributed by atoms with van der Waals surface area (Å²) in [6.45, 7) is 2.01. The molecule has 1 aromatic heterocycles. The van der Waals surface area contributed by atoms with Gasteiger partial charge in [0.15, 0.2) is 5.82 Å². The molecule has 3 rings (SSSR count). The Morgan fingerprint density at radius 2 is 2.50 bits per heavy atom. The van der Waals surface area contributed by atoms with Crippen molar-refractivity contribution in [1.82, 2.24) is 15.1 Å². The highest BCUT2D eigenvalue weighted by atomic mass is 32.2. The van der Waals surface area contributed by atoms with Gasteiger partial charge in [-0.05, 0) is 31.6 Å². The lowest BCUT2D eigenvalue weighted by Crippen LogP contribution is -2.23. The summed E-state index contributed by atoms with van der Waals surface area (Å²) in [5.74, 6) is 1.88. The smallest absolute Gasteiger partial charge is 0.238 e. The Labute approximate surface area is 111 Å². The molecule has 18 heavy (non-hydrogen) atoms. The fourth-order valence-corrected chi connectivity index (χ4v) is 3.63. The number of thioether (sulfide) groups is 1. The molecule has 2 aliphatic heterocycles. The maximum absolute atomic E-state index is 12.0. The zero-order valence-corrected chi connectivity index (χ0v) is 11.1. The summed E-state index contributed by atoms with van der Waals surface area (Å²) in [6, 6.07) is 2.31. The van der Waals surface area contributed by atoms with E-state index in [-0.39, 0.29) is 11.2 Å². The van der Waals surface area contributed by atoms with Gasteiger partial charge >= 0.3 is 0 Å². The second kappa shape index (κ2) is 5.32. The normalized spacial score (nSPS) is 27.6. The van der Waals surface area contributed by atoms with Crippen LogP contribution in [0, 0.1) is 0 Å².